The predicted octanol–water partition coefficient (Wildman–Crippen LogP) is 3.12. The molecule has 0 atom stereocenters. The summed E-state index contributed by atoms with van der Waals surface area (Å²) in [6, 6.07) is 6.47. The first-order valence-corrected chi connectivity index (χ1v) is 8.43. The smallest absolute Gasteiger partial charge is 0.123 e. The molecule has 2 aromatic rings. The third kappa shape index (κ3) is 4.05. The van der Waals surface area contributed by atoms with E-state index in [4.69, 9.17) is 4.74 Å². The Balaban J connectivity index is 1.66. The first-order valence-electron chi connectivity index (χ1n) is 8.43. The number of hydrogen-bond donors (Lipinski definition) is 1. The molecule has 1 fully saturated rings. The second-order valence-corrected chi connectivity index (χ2v) is 6.07. The van der Waals surface area contributed by atoms with Crippen LogP contribution in [0.15, 0.2) is 30.6 Å². The van der Waals surface area contributed by atoms with E-state index < -0.39 is 0 Å². The van der Waals surface area contributed by atoms with Crippen molar-refractivity contribution in [1.82, 2.24) is 14.7 Å². The lowest BCUT2D eigenvalue weighted by atomic mass is 10.1. The van der Waals surface area contributed by atoms with Gasteiger partial charge < -0.3 is 10.1 Å². The molecule has 0 saturated carbocycles. The molecule has 0 amide bonds. The van der Waals surface area contributed by atoms with Crippen LogP contribution in [0.4, 0.5) is 5.69 Å². The maximum atomic E-state index is 5.53. The molecule has 1 N–H and O–H groups in total. The van der Waals surface area contributed by atoms with Crippen molar-refractivity contribution in [3.05, 3.63) is 41.7 Å². The second-order valence-electron chi connectivity index (χ2n) is 6.07. The Hall–Kier alpha value is -2.01. The summed E-state index contributed by atoms with van der Waals surface area (Å²) in [6.07, 6.45) is 6.53. The van der Waals surface area contributed by atoms with Gasteiger partial charge in [-0.1, -0.05) is 6.07 Å². The van der Waals surface area contributed by atoms with Gasteiger partial charge in [-0.25, -0.2) is 0 Å². The summed E-state index contributed by atoms with van der Waals surface area (Å²) in [5, 5.41) is 7.72. The Morgan fingerprint density at radius 3 is 2.78 bits per heavy atom. The Kier molecular flexibility index (Phi) is 5.18. The van der Waals surface area contributed by atoms with Crippen LogP contribution < -0.4 is 10.1 Å². The van der Waals surface area contributed by atoms with E-state index in [-0.39, 0.29) is 0 Å². The molecule has 0 bridgehead atoms. The number of likely N-dealkylation sites (tertiary alicyclic amines) is 1. The van der Waals surface area contributed by atoms with Crippen molar-refractivity contribution in [3.63, 3.8) is 0 Å². The fraction of sp³-hybridized carbons (Fsp3) is 0.500. The van der Waals surface area contributed by atoms with Crippen molar-refractivity contribution >= 4 is 5.69 Å². The predicted molar refractivity (Wildman–Crippen MR) is 92.7 cm³/mol. The Morgan fingerprint density at radius 1 is 1.26 bits per heavy atom. The van der Waals surface area contributed by atoms with Crippen LogP contribution >= 0.6 is 0 Å². The molecule has 0 spiro atoms. The van der Waals surface area contributed by atoms with Gasteiger partial charge in [-0.05, 0) is 50.6 Å². The van der Waals surface area contributed by atoms with Crippen molar-refractivity contribution < 1.29 is 4.74 Å². The number of aromatic nitrogens is 2. The van der Waals surface area contributed by atoms with E-state index in [9.17, 15) is 0 Å². The molecule has 1 saturated heterocycles. The first-order chi connectivity index (χ1) is 11.3. The lowest BCUT2D eigenvalue weighted by molar-refractivity contribution is 0.321. The molecule has 0 unspecified atom stereocenters. The van der Waals surface area contributed by atoms with Gasteiger partial charge in [0, 0.05) is 31.4 Å². The Morgan fingerprint density at radius 2 is 2.09 bits per heavy atom. The quantitative estimate of drug-likeness (QED) is 0.852. The van der Waals surface area contributed by atoms with Crippen molar-refractivity contribution in [3.8, 4) is 5.75 Å². The van der Waals surface area contributed by atoms with Gasteiger partial charge in [0.05, 0.1) is 19.0 Å². The van der Waals surface area contributed by atoms with Gasteiger partial charge >= 0.3 is 0 Å². The molecule has 23 heavy (non-hydrogen) atoms. The minimum absolute atomic E-state index is 0.798. The highest BCUT2D eigenvalue weighted by molar-refractivity contribution is 5.42. The van der Waals surface area contributed by atoms with E-state index in [1.165, 1.54) is 37.1 Å². The van der Waals surface area contributed by atoms with Gasteiger partial charge in [-0.15, -0.1) is 0 Å². The Bertz CT molecular complexity index is 632. The molecule has 0 aliphatic carbocycles. The van der Waals surface area contributed by atoms with E-state index in [2.05, 4.69) is 40.4 Å². The van der Waals surface area contributed by atoms with Crippen LogP contribution in [0.25, 0.3) is 0 Å². The molecule has 1 aromatic heterocycles. The highest BCUT2D eigenvalue weighted by Crippen LogP contribution is 2.24. The zero-order chi connectivity index (χ0) is 16.1. The fourth-order valence-corrected chi connectivity index (χ4v) is 3.08. The van der Waals surface area contributed by atoms with Crippen LogP contribution in [0.2, 0.25) is 0 Å². The first kappa shape index (κ1) is 15.9. The van der Waals surface area contributed by atoms with Crippen molar-refractivity contribution in [2.45, 2.75) is 39.4 Å². The van der Waals surface area contributed by atoms with Crippen molar-refractivity contribution in [1.29, 1.82) is 0 Å². The van der Waals surface area contributed by atoms with Gasteiger partial charge in [0.25, 0.3) is 0 Å². The minimum atomic E-state index is 0.798. The average molecular weight is 314 g/mol. The molecule has 5 heteroatoms. The molecule has 2 heterocycles. The number of methoxy groups -OCH3 is 1. The number of nitrogens with zero attached hydrogens (tertiary/aromatic N) is 3. The summed E-state index contributed by atoms with van der Waals surface area (Å²) >= 11 is 0. The van der Waals surface area contributed by atoms with Gasteiger partial charge in [0.2, 0.25) is 0 Å². The molecular weight excluding hydrogens is 288 g/mol. The molecule has 5 nitrogen and oxygen atoms in total. The SMILES string of the molecule is CCn1cc(NCc2ccc(OC)c(CN3CCCC3)c2)cn1. The standard InChI is InChI=1S/C18H26N4O/c1-3-22-14-17(12-20-22)19-11-15-6-7-18(23-2)16(10-15)13-21-8-4-5-9-21/h6-7,10,12,14,19H,3-5,8-9,11,13H2,1-2H3. The molecular formula is C18H26N4O. The van der Waals surface area contributed by atoms with E-state index in [0.717, 1.165) is 31.1 Å². The molecule has 124 valence electrons. The monoisotopic (exact) mass is 314 g/mol. The van der Waals surface area contributed by atoms with Crippen LogP contribution in [0.5, 0.6) is 5.75 Å². The van der Waals surface area contributed by atoms with E-state index >= 15 is 0 Å². The summed E-state index contributed by atoms with van der Waals surface area (Å²) in [5.74, 6) is 0.986. The summed E-state index contributed by atoms with van der Waals surface area (Å²) in [4.78, 5) is 2.50. The van der Waals surface area contributed by atoms with E-state index in [1.54, 1.807) is 7.11 Å². The van der Waals surface area contributed by atoms with Gasteiger partial charge in [-0.2, -0.15) is 5.10 Å². The van der Waals surface area contributed by atoms with Crippen LogP contribution in [0, 0.1) is 0 Å². The van der Waals surface area contributed by atoms with Crippen LogP contribution in [0.1, 0.15) is 30.9 Å². The third-order valence-electron chi connectivity index (χ3n) is 4.39. The van der Waals surface area contributed by atoms with Crippen molar-refractivity contribution in [2.24, 2.45) is 0 Å². The topological polar surface area (TPSA) is 42.3 Å². The third-order valence-corrected chi connectivity index (χ3v) is 4.39. The molecule has 1 aliphatic rings. The zero-order valence-electron chi connectivity index (χ0n) is 14.1. The molecule has 1 aliphatic heterocycles. The number of rotatable bonds is 7. The van der Waals surface area contributed by atoms with Crippen LogP contribution in [0.3, 0.4) is 0 Å². The number of aryl methyl sites for hydroxylation is 1. The van der Waals surface area contributed by atoms with Gasteiger partial charge in [0.15, 0.2) is 0 Å². The molecule has 0 radical (unpaired) electrons. The second kappa shape index (κ2) is 7.51. The minimum Gasteiger partial charge on any atom is -0.496 e. The molecule has 3 rings (SSSR count). The summed E-state index contributed by atoms with van der Waals surface area (Å²) < 4.78 is 7.46. The van der Waals surface area contributed by atoms with E-state index in [1.807, 2.05) is 17.1 Å². The van der Waals surface area contributed by atoms with Gasteiger partial charge in [-0.3, -0.25) is 9.58 Å². The van der Waals surface area contributed by atoms with Crippen LogP contribution in [-0.2, 0) is 19.6 Å². The van der Waals surface area contributed by atoms with E-state index in [0.29, 0.717) is 0 Å². The Labute approximate surface area is 138 Å². The number of ether oxygens (including phenoxy) is 1. The maximum absolute atomic E-state index is 5.53. The zero-order valence-corrected chi connectivity index (χ0v) is 14.1. The summed E-state index contributed by atoms with van der Waals surface area (Å²) in [7, 11) is 1.75. The van der Waals surface area contributed by atoms with Crippen molar-refractivity contribution in [2.75, 3.05) is 25.5 Å². The normalized spacial score (nSPS) is 15.0. The maximum Gasteiger partial charge on any atom is 0.123 e. The number of hydrogen-bond acceptors (Lipinski definition) is 4. The summed E-state index contributed by atoms with van der Waals surface area (Å²) in [5.41, 5.74) is 3.60. The summed E-state index contributed by atoms with van der Waals surface area (Å²) in [6.45, 7) is 7.15. The van der Waals surface area contributed by atoms with Crippen LogP contribution in [-0.4, -0.2) is 34.9 Å². The highest BCUT2D eigenvalue weighted by Gasteiger charge is 2.14. The number of nitrogens with one attached hydrogen (secondary N) is 1. The lowest BCUT2D eigenvalue weighted by Crippen LogP contribution is -2.19. The average Bonchev–Trinajstić information content (AvgIpc) is 3.24. The van der Waals surface area contributed by atoms with Gasteiger partial charge in [0.1, 0.15) is 5.75 Å². The highest BCUT2D eigenvalue weighted by atomic mass is 16.5. The fourth-order valence-electron chi connectivity index (χ4n) is 3.08. The number of anilines is 1. The lowest BCUT2D eigenvalue weighted by Gasteiger charge is -2.18. The largest absolute Gasteiger partial charge is 0.496 e. The number of benzene rings is 1. The molecule has 1 aromatic carbocycles.